The molecule has 0 saturated heterocycles. The number of nitrogens with zero attached hydrogens (tertiary/aromatic N) is 2. The Hall–Kier alpha value is -2.82. The number of carbonyl (C=O) groups excluding carboxylic acids is 1. The van der Waals surface area contributed by atoms with E-state index in [1.807, 2.05) is 6.07 Å². The molecular formula is C13H8F3N3O2. The van der Waals surface area contributed by atoms with Crippen LogP contribution in [0.3, 0.4) is 0 Å². The van der Waals surface area contributed by atoms with Crippen molar-refractivity contribution in [3.8, 4) is 17.5 Å². The normalized spacial score (nSPS) is 11.0. The van der Waals surface area contributed by atoms with Gasteiger partial charge in [0, 0.05) is 5.56 Å². The fraction of sp³-hybridized carbons (Fsp3) is 0.154. The van der Waals surface area contributed by atoms with Crippen LogP contribution in [-0.2, 0) is 10.9 Å². The first kappa shape index (κ1) is 14.6. The summed E-state index contributed by atoms with van der Waals surface area (Å²) < 4.78 is 42.2. The van der Waals surface area contributed by atoms with Gasteiger partial charge in [-0.05, 0) is 18.2 Å². The number of hydrogen-bond donors (Lipinski definition) is 1. The summed E-state index contributed by atoms with van der Waals surface area (Å²) in [7, 11) is 1.13. The zero-order valence-corrected chi connectivity index (χ0v) is 10.7. The minimum Gasteiger partial charge on any atom is -0.465 e. The van der Waals surface area contributed by atoms with Crippen molar-refractivity contribution in [3.05, 3.63) is 41.2 Å². The van der Waals surface area contributed by atoms with Crippen LogP contribution in [-0.4, -0.2) is 23.0 Å². The standard InChI is InChI=1S/C13H8F3N3O2/c1-21-12(20)9-4-7(5-17)2-3-8(9)11-18-6-10(19-11)13(14,15)16/h2-4,6H,1H3,(H,18,19). The number of esters is 1. The highest BCUT2D eigenvalue weighted by molar-refractivity contribution is 5.96. The van der Waals surface area contributed by atoms with E-state index in [2.05, 4.69) is 14.7 Å². The SMILES string of the molecule is COC(=O)c1cc(C#N)ccc1-c1ncc(C(F)(F)F)[nH]1. The number of nitrogens with one attached hydrogen (secondary N) is 1. The van der Waals surface area contributed by atoms with Crippen LogP contribution in [0.2, 0.25) is 0 Å². The Morgan fingerprint density at radius 2 is 2.14 bits per heavy atom. The molecule has 0 bridgehead atoms. The summed E-state index contributed by atoms with van der Waals surface area (Å²) >= 11 is 0. The van der Waals surface area contributed by atoms with Crippen LogP contribution in [0, 0.1) is 11.3 Å². The van der Waals surface area contributed by atoms with Crippen LogP contribution in [0.4, 0.5) is 13.2 Å². The molecule has 0 aliphatic carbocycles. The number of nitriles is 1. The summed E-state index contributed by atoms with van der Waals surface area (Å²) in [6.45, 7) is 0. The molecule has 0 spiro atoms. The Kier molecular flexibility index (Phi) is 3.67. The summed E-state index contributed by atoms with van der Waals surface area (Å²) in [5.41, 5.74) is -0.768. The number of aromatic nitrogens is 2. The van der Waals surface area contributed by atoms with Crippen LogP contribution < -0.4 is 0 Å². The van der Waals surface area contributed by atoms with Crippen molar-refractivity contribution in [3.63, 3.8) is 0 Å². The van der Waals surface area contributed by atoms with Crippen molar-refractivity contribution < 1.29 is 22.7 Å². The largest absolute Gasteiger partial charge is 0.465 e. The first-order chi connectivity index (χ1) is 9.86. The molecule has 0 unspecified atom stereocenters. The molecule has 0 aliphatic heterocycles. The van der Waals surface area contributed by atoms with E-state index in [9.17, 15) is 18.0 Å². The monoisotopic (exact) mass is 295 g/mol. The maximum absolute atomic E-state index is 12.6. The number of methoxy groups -OCH3 is 1. The molecule has 2 rings (SSSR count). The Bertz CT molecular complexity index is 729. The van der Waals surface area contributed by atoms with Crippen LogP contribution in [0.5, 0.6) is 0 Å². The Labute approximate surface area is 117 Å². The molecule has 0 amide bonds. The average molecular weight is 295 g/mol. The molecule has 0 fully saturated rings. The topological polar surface area (TPSA) is 78.8 Å². The van der Waals surface area contributed by atoms with Gasteiger partial charge in [0.1, 0.15) is 11.5 Å². The Balaban J connectivity index is 2.56. The number of alkyl halides is 3. The van der Waals surface area contributed by atoms with Crippen molar-refractivity contribution in [2.75, 3.05) is 7.11 Å². The fourth-order valence-corrected chi connectivity index (χ4v) is 1.70. The lowest BCUT2D eigenvalue weighted by molar-refractivity contribution is -0.140. The first-order valence-electron chi connectivity index (χ1n) is 5.62. The van der Waals surface area contributed by atoms with Gasteiger partial charge in [-0.25, -0.2) is 9.78 Å². The van der Waals surface area contributed by atoms with Gasteiger partial charge in [0.2, 0.25) is 0 Å². The predicted molar refractivity (Wildman–Crippen MR) is 65.1 cm³/mol. The highest BCUT2D eigenvalue weighted by atomic mass is 19.4. The van der Waals surface area contributed by atoms with E-state index in [1.165, 1.54) is 18.2 Å². The van der Waals surface area contributed by atoms with Crippen molar-refractivity contribution in [2.45, 2.75) is 6.18 Å². The zero-order chi connectivity index (χ0) is 15.6. The van der Waals surface area contributed by atoms with E-state index in [-0.39, 0.29) is 22.5 Å². The molecule has 0 radical (unpaired) electrons. The zero-order valence-electron chi connectivity index (χ0n) is 10.7. The molecule has 8 heteroatoms. The van der Waals surface area contributed by atoms with Crippen LogP contribution in [0.25, 0.3) is 11.4 Å². The molecule has 5 nitrogen and oxygen atoms in total. The molecule has 0 aliphatic rings. The lowest BCUT2D eigenvalue weighted by atomic mass is 10.0. The number of halogens is 3. The van der Waals surface area contributed by atoms with Gasteiger partial charge in [-0.3, -0.25) is 0 Å². The van der Waals surface area contributed by atoms with Crippen LogP contribution >= 0.6 is 0 Å². The van der Waals surface area contributed by atoms with E-state index >= 15 is 0 Å². The minimum atomic E-state index is -4.57. The van der Waals surface area contributed by atoms with Crippen molar-refractivity contribution in [1.29, 1.82) is 5.26 Å². The number of imidazole rings is 1. The average Bonchev–Trinajstić information content (AvgIpc) is 2.95. The molecule has 1 heterocycles. The lowest BCUT2D eigenvalue weighted by Gasteiger charge is -2.06. The molecule has 1 aromatic heterocycles. The third kappa shape index (κ3) is 2.86. The molecule has 21 heavy (non-hydrogen) atoms. The molecule has 108 valence electrons. The van der Waals surface area contributed by atoms with E-state index in [4.69, 9.17) is 5.26 Å². The van der Waals surface area contributed by atoms with Gasteiger partial charge in [0.25, 0.3) is 0 Å². The van der Waals surface area contributed by atoms with Crippen molar-refractivity contribution in [2.24, 2.45) is 0 Å². The van der Waals surface area contributed by atoms with Crippen LogP contribution in [0.1, 0.15) is 21.6 Å². The maximum atomic E-state index is 12.6. The number of carbonyl (C=O) groups is 1. The van der Waals surface area contributed by atoms with Gasteiger partial charge >= 0.3 is 12.1 Å². The second-order valence-corrected chi connectivity index (χ2v) is 4.01. The molecule has 1 N–H and O–H groups in total. The van der Waals surface area contributed by atoms with Gasteiger partial charge in [0.15, 0.2) is 0 Å². The summed E-state index contributed by atoms with van der Waals surface area (Å²) in [5.74, 6) is -0.903. The van der Waals surface area contributed by atoms with Gasteiger partial charge in [0.05, 0.1) is 30.5 Å². The summed E-state index contributed by atoms with van der Waals surface area (Å²) in [5, 5.41) is 8.81. The second-order valence-electron chi connectivity index (χ2n) is 4.01. The van der Waals surface area contributed by atoms with Gasteiger partial charge < -0.3 is 9.72 Å². The third-order valence-corrected chi connectivity index (χ3v) is 2.69. The summed E-state index contributed by atoms with van der Waals surface area (Å²) in [6.07, 6.45) is -3.93. The third-order valence-electron chi connectivity index (χ3n) is 2.69. The minimum absolute atomic E-state index is 0.0420. The second kappa shape index (κ2) is 5.28. The van der Waals surface area contributed by atoms with E-state index < -0.39 is 17.8 Å². The van der Waals surface area contributed by atoms with Gasteiger partial charge in [-0.2, -0.15) is 18.4 Å². The highest BCUT2D eigenvalue weighted by Gasteiger charge is 2.33. The van der Waals surface area contributed by atoms with Crippen molar-refractivity contribution in [1.82, 2.24) is 9.97 Å². The molecular weight excluding hydrogens is 287 g/mol. The number of rotatable bonds is 2. The summed E-state index contributed by atoms with van der Waals surface area (Å²) in [6, 6.07) is 5.78. The number of aromatic amines is 1. The predicted octanol–water partition coefficient (Wildman–Crippen LogP) is 2.75. The van der Waals surface area contributed by atoms with E-state index in [0.717, 1.165) is 7.11 Å². The lowest BCUT2D eigenvalue weighted by Crippen LogP contribution is -2.06. The number of H-pyrrole nitrogens is 1. The highest BCUT2D eigenvalue weighted by Crippen LogP contribution is 2.30. The maximum Gasteiger partial charge on any atom is 0.432 e. The number of benzene rings is 1. The molecule has 0 saturated carbocycles. The number of hydrogen-bond acceptors (Lipinski definition) is 4. The fourth-order valence-electron chi connectivity index (χ4n) is 1.70. The van der Waals surface area contributed by atoms with Crippen LogP contribution in [0.15, 0.2) is 24.4 Å². The van der Waals surface area contributed by atoms with E-state index in [1.54, 1.807) is 0 Å². The molecule has 2 aromatic rings. The molecule has 0 atom stereocenters. The number of ether oxygens (including phenoxy) is 1. The Morgan fingerprint density at radius 1 is 1.43 bits per heavy atom. The van der Waals surface area contributed by atoms with E-state index in [0.29, 0.717) is 6.20 Å². The van der Waals surface area contributed by atoms with Crippen molar-refractivity contribution >= 4 is 5.97 Å². The van der Waals surface area contributed by atoms with Gasteiger partial charge in [-0.1, -0.05) is 0 Å². The summed E-state index contributed by atoms with van der Waals surface area (Å²) in [4.78, 5) is 17.4. The Morgan fingerprint density at radius 3 is 2.67 bits per heavy atom. The quantitative estimate of drug-likeness (QED) is 0.864. The smallest absolute Gasteiger partial charge is 0.432 e. The van der Waals surface area contributed by atoms with Gasteiger partial charge in [-0.15, -0.1) is 0 Å². The first-order valence-corrected chi connectivity index (χ1v) is 5.62. The molecule has 1 aromatic carbocycles.